The number of hydrogen-bond acceptors (Lipinski definition) is 4. The lowest BCUT2D eigenvalue weighted by Crippen LogP contribution is -2.21. The molecule has 19 heavy (non-hydrogen) atoms. The van der Waals surface area contributed by atoms with E-state index in [1.54, 1.807) is 24.6 Å². The Labute approximate surface area is 122 Å². The highest BCUT2D eigenvalue weighted by molar-refractivity contribution is 7.10. The smallest absolute Gasteiger partial charge is 0.161 e. The van der Waals surface area contributed by atoms with Crippen molar-refractivity contribution in [3.8, 4) is 5.75 Å². The molecule has 6 heteroatoms. The van der Waals surface area contributed by atoms with Crippen LogP contribution in [-0.4, -0.2) is 23.9 Å². The maximum Gasteiger partial charge on any atom is 0.161 e. The van der Waals surface area contributed by atoms with Gasteiger partial charge < -0.3 is 10.1 Å². The third kappa shape index (κ3) is 2.78. The molecule has 1 N–H and O–H groups in total. The van der Waals surface area contributed by atoms with Crippen LogP contribution >= 0.6 is 22.9 Å². The van der Waals surface area contributed by atoms with E-state index < -0.39 is 0 Å². The van der Waals surface area contributed by atoms with Crippen LogP contribution in [-0.2, 0) is 6.54 Å². The Morgan fingerprint density at radius 1 is 1.58 bits per heavy atom. The van der Waals surface area contributed by atoms with E-state index in [0.29, 0.717) is 0 Å². The van der Waals surface area contributed by atoms with Crippen LogP contribution < -0.4 is 10.1 Å². The second-order valence-electron chi connectivity index (χ2n) is 4.18. The van der Waals surface area contributed by atoms with Gasteiger partial charge in [-0.2, -0.15) is 5.10 Å². The van der Waals surface area contributed by atoms with E-state index in [0.717, 1.165) is 34.3 Å². The van der Waals surface area contributed by atoms with Crippen molar-refractivity contribution in [2.45, 2.75) is 25.9 Å². The topological polar surface area (TPSA) is 39.1 Å². The molecule has 0 aliphatic carbocycles. The van der Waals surface area contributed by atoms with Gasteiger partial charge in [0.15, 0.2) is 5.75 Å². The second kappa shape index (κ2) is 6.41. The monoisotopic (exact) mass is 299 g/mol. The molecule has 0 aliphatic heterocycles. The van der Waals surface area contributed by atoms with Crippen LogP contribution in [0.15, 0.2) is 17.6 Å². The number of aryl methyl sites for hydroxylation is 1. The molecule has 0 radical (unpaired) electrons. The summed E-state index contributed by atoms with van der Waals surface area (Å²) in [5, 5.41) is 10.5. The Balaban J connectivity index is 2.48. The first-order valence-electron chi connectivity index (χ1n) is 6.22. The van der Waals surface area contributed by atoms with E-state index >= 15 is 0 Å². The van der Waals surface area contributed by atoms with E-state index in [-0.39, 0.29) is 6.04 Å². The van der Waals surface area contributed by atoms with Crippen LogP contribution in [0.1, 0.15) is 30.0 Å². The third-order valence-corrected chi connectivity index (χ3v) is 4.39. The molecular weight excluding hydrogens is 282 g/mol. The summed E-state index contributed by atoms with van der Waals surface area (Å²) in [5.41, 5.74) is 1.02. The van der Waals surface area contributed by atoms with Crippen molar-refractivity contribution in [2.75, 3.05) is 14.2 Å². The zero-order chi connectivity index (χ0) is 13.8. The maximum atomic E-state index is 6.26. The number of methoxy groups -OCH3 is 1. The molecule has 0 saturated heterocycles. The number of nitrogens with one attached hydrogen (secondary N) is 1. The lowest BCUT2D eigenvalue weighted by Gasteiger charge is -2.18. The largest absolute Gasteiger partial charge is 0.493 e. The predicted molar refractivity (Wildman–Crippen MR) is 79.3 cm³/mol. The van der Waals surface area contributed by atoms with Gasteiger partial charge in [0.25, 0.3) is 0 Å². The van der Waals surface area contributed by atoms with Crippen molar-refractivity contribution in [3.05, 3.63) is 33.2 Å². The molecule has 2 aromatic heterocycles. The molecule has 2 heterocycles. The van der Waals surface area contributed by atoms with Crippen LogP contribution in [0.4, 0.5) is 0 Å². The zero-order valence-corrected chi connectivity index (χ0v) is 12.9. The lowest BCUT2D eigenvalue weighted by molar-refractivity contribution is 0.400. The quantitative estimate of drug-likeness (QED) is 0.889. The average molecular weight is 300 g/mol. The van der Waals surface area contributed by atoms with Crippen molar-refractivity contribution in [1.29, 1.82) is 0 Å². The first-order chi connectivity index (χ1) is 9.22. The first kappa shape index (κ1) is 14.4. The highest BCUT2D eigenvalue weighted by Crippen LogP contribution is 2.36. The van der Waals surface area contributed by atoms with Gasteiger partial charge in [-0.15, -0.1) is 11.3 Å². The summed E-state index contributed by atoms with van der Waals surface area (Å²) in [7, 11) is 3.59. The molecule has 2 aromatic rings. The van der Waals surface area contributed by atoms with Gasteiger partial charge >= 0.3 is 0 Å². The van der Waals surface area contributed by atoms with Gasteiger partial charge in [0.05, 0.1) is 24.4 Å². The minimum atomic E-state index is -0.00324. The molecule has 104 valence electrons. The van der Waals surface area contributed by atoms with Crippen molar-refractivity contribution < 1.29 is 4.74 Å². The highest BCUT2D eigenvalue weighted by atomic mass is 35.5. The van der Waals surface area contributed by atoms with Crippen molar-refractivity contribution >= 4 is 22.9 Å². The number of ether oxygens (including phenoxy) is 1. The van der Waals surface area contributed by atoms with Gasteiger partial charge in [-0.1, -0.05) is 18.5 Å². The Bertz CT molecular complexity index is 538. The maximum absolute atomic E-state index is 6.26. The molecule has 0 saturated carbocycles. The van der Waals surface area contributed by atoms with Crippen LogP contribution in [0.3, 0.4) is 0 Å². The summed E-state index contributed by atoms with van der Waals surface area (Å²) in [4.78, 5) is 1.08. The summed E-state index contributed by atoms with van der Waals surface area (Å²) in [5.74, 6) is 0.789. The molecule has 0 aliphatic rings. The Morgan fingerprint density at radius 2 is 2.37 bits per heavy atom. The van der Waals surface area contributed by atoms with E-state index in [4.69, 9.17) is 16.3 Å². The second-order valence-corrected chi connectivity index (χ2v) is 5.53. The lowest BCUT2D eigenvalue weighted by atomic mass is 10.1. The summed E-state index contributed by atoms with van der Waals surface area (Å²) in [6.45, 7) is 2.99. The minimum Gasteiger partial charge on any atom is -0.493 e. The first-order valence-corrected chi connectivity index (χ1v) is 7.48. The summed E-state index contributed by atoms with van der Waals surface area (Å²) in [6, 6.07) is 1.91. The fourth-order valence-corrected chi connectivity index (χ4v) is 3.40. The Morgan fingerprint density at radius 3 is 2.89 bits per heavy atom. The summed E-state index contributed by atoms with van der Waals surface area (Å²) in [6.07, 6.45) is 2.78. The number of rotatable bonds is 6. The molecule has 0 amide bonds. The number of nitrogens with zero attached hydrogens (tertiary/aromatic N) is 2. The standard InChI is InChI=1S/C13H18ClN3OS/c1-4-6-17-12(10(18-3)8-16-17)11(15-2)13-9(14)5-7-19-13/h5,7-8,11,15H,4,6H2,1-3H3. The van der Waals surface area contributed by atoms with Crippen molar-refractivity contribution in [3.63, 3.8) is 0 Å². The predicted octanol–water partition coefficient (Wildman–Crippen LogP) is 3.33. The van der Waals surface area contributed by atoms with Gasteiger partial charge in [-0.05, 0) is 24.9 Å². The van der Waals surface area contributed by atoms with Crippen molar-refractivity contribution in [2.24, 2.45) is 0 Å². The number of aromatic nitrogens is 2. The zero-order valence-electron chi connectivity index (χ0n) is 11.3. The van der Waals surface area contributed by atoms with Gasteiger partial charge in [-0.25, -0.2) is 0 Å². The Kier molecular flexibility index (Phi) is 4.85. The molecule has 1 atom stereocenters. The molecule has 0 aromatic carbocycles. The summed E-state index contributed by atoms with van der Waals surface area (Å²) < 4.78 is 7.41. The van der Waals surface area contributed by atoms with Gasteiger partial charge in [0.1, 0.15) is 5.69 Å². The fraction of sp³-hybridized carbons (Fsp3) is 0.462. The molecular formula is C13H18ClN3OS. The number of thiophene rings is 1. The van der Waals surface area contributed by atoms with Crippen LogP contribution in [0, 0.1) is 0 Å². The van der Waals surface area contributed by atoms with Crippen LogP contribution in [0.5, 0.6) is 5.75 Å². The van der Waals surface area contributed by atoms with Gasteiger partial charge in [0.2, 0.25) is 0 Å². The van der Waals surface area contributed by atoms with E-state index in [9.17, 15) is 0 Å². The molecule has 4 nitrogen and oxygen atoms in total. The Hall–Kier alpha value is -1.04. The number of halogens is 1. The van der Waals surface area contributed by atoms with E-state index in [1.165, 1.54) is 0 Å². The fourth-order valence-electron chi connectivity index (χ4n) is 2.12. The summed E-state index contributed by atoms with van der Waals surface area (Å²) >= 11 is 7.89. The molecule has 0 fully saturated rings. The van der Waals surface area contributed by atoms with Gasteiger partial charge in [0, 0.05) is 11.4 Å². The molecule has 1 unspecified atom stereocenters. The molecule has 0 spiro atoms. The number of hydrogen-bond donors (Lipinski definition) is 1. The average Bonchev–Trinajstić information content (AvgIpc) is 3.00. The van der Waals surface area contributed by atoms with Crippen LogP contribution in [0.25, 0.3) is 0 Å². The van der Waals surface area contributed by atoms with E-state index in [1.807, 2.05) is 23.2 Å². The van der Waals surface area contributed by atoms with E-state index in [2.05, 4.69) is 17.3 Å². The van der Waals surface area contributed by atoms with Gasteiger partial charge in [-0.3, -0.25) is 4.68 Å². The third-order valence-electron chi connectivity index (χ3n) is 2.97. The SMILES string of the molecule is CCCn1ncc(OC)c1C(NC)c1sccc1Cl. The normalized spacial score (nSPS) is 12.6. The highest BCUT2D eigenvalue weighted by Gasteiger charge is 2.24. The molecule has 2 rings (SSSR count). The van der Waals surface area contributed by atoms with Crippen LogP contribution in [0.2, 0.25) is 5.02 Å². The minimum absolute atomic E-state index is 0.00324. The molecule has 0 bridgehead atoms. The van der Waals surface area contributed by atoms with Crippen molar-refractivity contribution in [1.82, 2.24) is 15.1 Å².